The van der Waals surface area contributed by atoms with Gasteiger partial charge in [-0.2, -0.15) is 0 Å². The molecule has 0 fully saturated rings. The highest BCUT2D eigenvalue weighted by Gasteiger charge is 2.19. The lowest BCUT2D eigenvalue weighted by atomic mass is 10.1. The Kier molecular flexibility index (Phi) is 6.26. The maximum absolute atomic E-state index is 12.7. The summed E-state index contributed by atoms with van der Waals surface area (Å²) in [6.45, 7) is 4.46. The normalized spacial score (nSPS) is 13.1. The number of halogens is 1. The predicted octanol–water partition coefficient (Wildman–Crippen LogP) is 5.80. The summed E-state index contributed by atoms with van der Waals surface area (Å²) in [6.07, 6.45) is 0. The molecule has 148 valence electrons. The minimum Gasteiger partial charge on any atom is -0.365 e. The van der Waals surface area contributed by atoms with E-state index >= 15 is 0 Å². The molecule has 29 heavy (non-hydrogen) atoms. The van der Waals surface area contributed by atoms with E-state index in [-0.39, 0.29) is 5.91 Å². The monoisotopic (exact) mass is 466 g/mol. The molecule has 0 radical (unpaired) electrons. The predicted molar refractivity (Wildman–Crippen MR) is 125 cm³/mol. The van der Waals surface area contributed by atoms with E-state index in [0.717, 1.165) is 34.6 Å². The van der Waals surface area contributed by atoms with Crippen LogP contribution in [0.3, 0.4) is 0 Å². The van der Waals surface area contributed by atoms with E-state index in [4.69, 9.17) is 0 Å². The molecule has 1 aliphatic rings. The Morgan fingerprint density at radius 3 is 2.69 bits per heavy atom. The van der Waals surface area contributed by atoms with Gasteiger partial charge in [0.1, 0.15) is 0 Å². The van der Waals surface area contributed by atoms with E-state index in [1.807, 2.05) is 48.2 Å². The molecule has 1 heterocycles. The molecule has 3 aromatic carbocycles. The maximum Gasteiger partial charge on any atom is 0.251 e. The summed E-state index contributed by atoms with van der Waals surface area (Å²) >= 11 is 5.33. The van der Waals surface area contributed by atoms with Crippen molar-refractivity contribution in [1.29, 1.82) is 0 Å². The van der Waals surface area contributed by atoms with Crippen molar-refractivity contribution in [2.45, 2.75) is 24.9 Å². The van der Waals surface area contributed by atoms with Gasteiger partial charge in [-0.3, -0.25) is 4.79 Å². The van der Waals surface area contributed by atoms with E-state index in [2.05, 4.69) is 63.4 Å². The molecule has 0 spiro atoms. The molecule has 1 N–H and O–H groups in total. The van der Waals surface area contributed by atoms with Crippen molar-refractivity contribution in [3.63, 3.8) is 0 Å². The second-order valence-electron chi connectivity index (χ2n) is 7.25. The summed E-state index contributed by atoms with van der Waals surface area (Å²) in [7, 11) is 0. The summed E-state index contributed by atoms with van der Waals surface area (Å²) < 4.78 is 1.02. The van der Waals surface area contributed by atoms with Crippen LogP contribution in [0.5, 0.6) is 0 Å². The molecule has 0 atom stereocenters. The number of fused-ring (bicyclic) bond motifs is 1. The highest BCUT2D eigenvalue weighted by molar-refractivity contribution is 9.10. The first-order valence-corrected chi connectivity index (χ1v) is 11.5. The molecule has 0 bridgehead atoms. The average molecular weight is 467 g/mol. The molecular weight excluding hydrogens is 444 g/mol. The van der Waals surface area contributed by atoms with Crippen LogP contribution in [0, 0.1) is 6.92 Å². The van der Waals surface area contributed by atoms with Crippen LogP contribution in [0.15, 0.2) is 76.1 Å². The summed E-state index contributed by atoms with van der Waals surface area (Å²) in [5.41, 5.74) is 5.49. The molecule has 4 rings (SSSR count). The molecule has 0 aliphatic carbocycles. The van der Waals surface area contributed by atoms with Crippen molar-refractivity contribution in [1.82, 2.24) is 5.32 Å². The largest absolute Gasteiger partial charge is 0.365 e. The lowest BCUT2D eigenvalue weighted by molar-refractivity contribution is 0.0951. The van der Waals surface area contributed by atoms with Crippen LogP contribution in [0.2, 0.25) is 0 Å². The smallest absolute Gasteiger partial charge is 0.251 e. The molecule has 3 aromatic rings. The van der Waals surface area contributed by atoms with Crippen molar-refractivity contribution >= 4 is 39.3 Å². The van der Waals surface area contributed by atoms with Crippen LogP contribution >= 0.6 is 27.7 Å². The van der Waals surface area contributed by atoms with E-state index < -0.39 is 0 Å². The first-order valence-electron chi connectivity index (χ1n) is 9.68. The molecule has 0 aromatic heterocycles. The number of nitrogens with one attached hydrogen (secondary N) is 1. The number of nitrogens with zero attached hydrogens (tertiary/aromatic N) is 1. The summed E-state index contributed by atoms with van der Waals surface area (Å²) in [5, 5.41) is 3.03. The Hall–Kier alpha value is -2.24. The van der Waals surface area contributed by atoms with Gasteiger partial charge in [-0.05, 0) is 48.4 Å². The quantitative estimate of drug-likeness (QED) is 0.515. The van der Waals surface area contributed by atoms with Crippen LogP contribution < -0.4 is 10.2 Å². The van der Waals surface area contributed by atoms with Gasteiger partial charge in [-0.15, -0.1) is 11.8 Å². The number of anilines is 1. The Labute approximate surface area is 184 Å². The van der Waals surface area contributed by atoms with Gasteiger partial charge in [-0.25, -0.2) is 0 Å². The number of hydrogen-bond acceptors (Lipinski definition) is 3. The van der Waals surface area contributed by atoms with Crippen molar-refractivity contribution < 1.29 is 4.79 Å². The molecule has 0 unspecified atom stereocenters. The summed E-state index contributed by atoms with van der Waals surface area (Å²) in [6, 6.07) is 22.7. The Morgan fingerprint density at radius 1 is 1.07 bits per heavy atom. The fraction of sp³-hybridized carbons (Fsp3) is 0.208. The average Bonchev–Trinajstić information content (AvgIpc) is 2.73. The van der Waals surface area contributed by atoms with Crippen LogP contribution in [-0.4, -0.2) is 18.2 Å². The number of benzene rings is 3. The fourth-order valence-electron chi connectivity index (χ4n) is 3.42. The fourth-order valence-corrected chi connectivity index (χ4v) is 4.90. The zero-order valence-corrected chi connectivity index (χ0v) is 18.7. The van der Waals surface area contributed by atoms with Crippen LogP contribution in [-0.2, 0) is 13.1 Å². The van der Waals surface area contributed by atoms with Crippen molar-refractivity contribution in [3.8, 4) is 0 Å². The maximum atomic E-state index is 12.7. The number of rotatable bonds is 5. The standard InChI is InChI=1S/C24H23BrN2OS/c1-17-5-7-18(8-6-17)16-27-11-12-29-23-10-9-20(14-22(23)27)24(28)26-15-19-3-2-4-21(25)13-19/h2-10,13-14H,11-12,15-16H2,1H3,(H,26,28). The van der Waals surface area contributed by atoms with E-state index in [1.54, 1.807) is 0 Å². The third kappa shape index (κ3) is 5.03. The minimum absolute atomic E-state index is 0.0429. The van der Waals surface area contributed by atoms with Gasteiger partial charge in [0.25, 0.3) is 5.91 Å². The first-order chi connectivity index (χ1) is 14.1. The molecule has 3 nitrogen and oxygen atoms in total. The Morgan fingerprint density at radius 2 is 1.90 bits per heavy atom. The zero-order valence-electron chi connectivity index (χ0n) is 16.3. The van der Waals surface area contributed by atoms with Gasteiger partial charge in [0, 0.05) is 40.3 Å². The van der Waals surface area contributed by atoms with Crippen molar-refractivity contribution in [3.05, 3.63) is 93.5 Å². The minimum atomic E-state index is -0.0429. The van der Waals surface area contributed by atoms with E-state index in [1.165, 1.54) is 16.0 Å². The second kappa shape index (κ2) is 9.06. The van der Waals surface area contributed by atoms with E-state index in [9.17, 15) is 4.79 Å². The third-order valence-electron chi connectivity index (χ3n) is 5.02. The highest BCUT2D eigenvalue weighted by atomic mass is 79.9. The number of carbonyl (C=O) groups excluding carboxylic acids is 1. The van der Waals surface area contributed by atoms with Crippen molar-refractivity contribution in [2.24, 2.45) is 0 Å². The Balaban J connectivity index is 1.49. The summed E-state index contributed by atoms with van der Waals surface area (Å²) in [5.74, 6) is 1.02. The second-order valence-corrected chi connectivity index (χ2v) is 9.30. The number of thioether (sulfide) groups is 1. The lowest BCUT2D eigenvalue weighted by Crippen LogP contribution is -2.29. The molecule has 0 saturated heterocycles. The number of aryl methyl sites for hydroxylation is 1. The number of hydrogen-bond donors (Lipinski definition) is 1. The number of carbonyl (C=O) groups is 1. The van der Waals surface area contributed by atoms with Gasteiger partial charge in [0.15, 0.2) is 0 Å². The molecule has 1 aliphatic heterocycles. The topological polar surface area (TPSA) is 32.3 Å². The lowest BCUT2D eigenvalue weighted by Gasteiger charge is -2.31. The van der Waals surface area contributed by atoms with Crippen LogP contribution in [0.4, 0.5) is 5.69 Å². The van der Waals surface area contributed by atoms with Crippen LogP contribution in [0.25, 0.3) is 0 Å². The molecule has 0 saturated carbocycles. The third-order valence-corrected chi connectivity index (χ3v) is 6.55. The molecular formula is C24H23BrN2OS. The van der Waals surface area contributed by atoms with Crippen molar-refractivity contribution in [2.75, 3.05) is 17.2 Å². The Bertz CT molecular complexity index is 1020. The van der Waals surface area contributed by atoms with Gasteiger partial charge in [0.2, 0.25) is 0 Å². The zero-order chi connectivity index (χ0) is 20.2. The van der Waals surface area contributed by atoms with Gasteiger partial charge in [-0.1, -0.05) is 57.9 Å². The molecule has 5 heteroatoms. The summed E-state index contributed by atoms with van der Waals surface area (Å²) in [4.78, 5) is 16.4. The SMILES string of the molecule is Cc1ccc(CN2CCSc3ccc(C(=O)NCc4cccc(Br)c4)cc32)cc1. The van der Waals surface area contributed by atoms with E-state index in [0.29, 0.717) is 12.1 Å². The van der Waals surface area contributed by atoms with Gasteiger partial charge >= 0.3 is 0 Å². The highest BCUT2D eigenvalue weighted by Crippen LogP contribution is 2.36. The first kappa shape index (κ1) is 20.0. The number of amides is 1. The molecule has 1 amide bonds. The van der Waals surface area contributed by atoms with Gasteiger partial charge in [0.05, 0.1) is 5.69 Å². The van der Waals surface area contributed by atoms with Gasteiger partial charge < -0.3 is 10.2 Å². The van der Waals surface area contributed by atoms with Crippen LogP contribution in [0.1, 0.15) is 27.0 Å².